The first-order chi connectivity index (χ1) is 25.7. The Morgan fingerprint density at radius 3 is 1.61 bits per heavy atom. The van der Waals surface area contributed by atoms with E-state index in [9.17, 15) is 8.42 Å². The number of nitrogen functional groups attached to an aromatic ring is 2. The van der Waals surface area contributed by atoms with Gasteiger partial charge in [-0.2, -0.15) is 0 Å². The van der Waals surface area contributed by atoms with Crippen LogP contribution in [-0.4, -0.2) is 71.1 Å². The van der Waals surface area contributed by atoms with E-state index in [4.69, 9.17) is 63.6 Å². The molecule has 16 heteroatoms. The molecule has 0 amide bonds. The zero-order valence-electron chi connectivity index (χ0n) is 30.1. The normalized spacial score (nSPS) is 22.7. The van der Waals surface area contributed by atoms with Crippen molar-refractivity contribution in [2.45, 2.75) is 69.1 Å². The van der Waals surface area contributed by atoms with Crippen molar-refractivity contribution in [3.63, 3.8) is 0 Å². The highest BCUT2D eigenvalue weighted by atomic mass is 35.5. The maximum Gasteiger partial charge on any atom is 0.156 e. The van der Waals surface area contributed by atoms with Gasteiger partial charge in [-0.15, -0.1) is 0 Å². The van der Waals surface area contributed by atoms with Crippen LogP contribution in [0.3, 0.4) is 0 Å². The van der Waals surface area contributed by atoms with Crippen LogP contribution < -0.4 is 27.0 Å². The molecule has 4 aliphatic rings. The lowest BCUT2D eigenvalue weighted by atomic mass is 9.74. The van der Waals surface area contributed by atoms with E-state index >= 15 is 0 Å². The molecule has 2 aromatic carbocycles. The highest BCUT2D eigenvalue weighted by molar-refractivity contribution is 7.93. The molecule has 4 aromatic rings. The van der Waals surface area contributed by atoms with Crippen LogP contribution in [0, 0.1) is 11.3 Å². The molecule has 0 radical (unpaired) electrons. The van der Waals surface area contributed by atoms with E-state index < -0.39 is 14.6 Å². The highest BCUT2D eigenvalue weighted by Crippen LogP contribution is 2.47. The summed E-state index contributed by atoms with van der Waals surface area (Å²) in [6, 6.07) is 11.0. The fourth-order valence-electron chi connectivity index (χ4n) is 8.87. The Kier molecular flexibility index (Phi) is 11.2. The zero-order valence-corrected chi connectivity index (χ0v) is 34.0. The maximum absolute atomic E-state index is 12.6. The maximum atomic E-state index is 12.6. The van der Waals surface area contributed by atoms with Crippen molar-refractivity contribution in [2.24, 2.45) is 17.1 Å². The number of sulfone groups is 1. The molecule has 5 heterocycles. The largest absolute Gasteiger partial charge is 0.382 e. The predicted octanol–water partition coefficient (Wildman–Crippen LogP) is 7.96. The monoisotopic (exact) mass is 831 g/mol. The summed E-state index contributed by atoms with van der Waals surface area (Å²) >= 11 is 24.8. The molecular weight excluding hydrogens is 788 g/mol. The smallest absolute Gasteiger partial charge is 0.156 e. The van der Waals surface area contributed by atoms with Gasteiger partial charge in [0.1, 0.15) is 23.0 Å². The number of benzene rings is 2. The lowest BCUT2D eigenvalue weighted by molar-refractivity contribution is 0.197. The Bertz CT molecular complexity index is 2140. The molecule has 2 spiro atoms. The Labute approximate surface area is 336 Å². The van der Waals surface area contributed by atoms with Gasteiger partial charge < -0.3 is 27.0 Å². The van der Waals surface area contributed by atoms with Crippen molar-refractivity contribution in [2.75, 3.05) is 53.2 Å². The van der Waals surface area contributed by atoms with Crippen LogP contribution in [0.2, 0.25) is 20.1 Å². The van der Waals surface area contributed by atoms with E-state index in [1.54, 1.807) is 36.7 Å². The molecule has 54 heavy (non-hydrogen) atoms. The van der Waals surface area contributed by atoms with Crippen LogP contribution in [0.15, 0.2) is 48.8 Å². The summed E-state index contributed by atoms with van der Waals surface area (Å²) in [6.45, 7) is 5.18. The van der Waals surface area contributed by atoms with Gasteiger partial charge >= 0.3 is 0 Å². The molecule has 2 aromatic heterocycles. The summed E-state index contributed by atoms with van der Waals surface area (Å²) in [4.78, 5) is 22.4. The van der Waals surface area contributed by atoms with E-state index in [-0.39, 0.29) is 11.7 Å². The van der Waals surface area contributed by atoms with Crippen LogP contribution in [0.4, 0.5) is 23.3 Å². The van der Waals surface area contributed by atoms with Crippen LogP contribution >= 0.6 is 46.4 Å². The Balaban J connectivity index is 0.000000167. The number of anilines is 4. The molecule has 1 aliphatic carbocycles. The van der Waals surface area contributed by atoms with Gasteiger partial charge in [0, 0.05) is 43.3 Å². The summed E-state index contributed by atoms with van der Waals surface area (Å²) in [5.74, 6) is 2.59. The highest BCUT2D eigenvalue weighted by Gasteiger charge is 2.53. The lowest BCUT2D eigenvalue weighted by Gasteiger charge is -2.42. The van der Waals surface area contributed by atoms with E-state index in [1.165, 1.54) is 12.8 Å². The van der Waals surface area contributed by atoms with Gasteiger partial charge in [0.2, 0.25) is 0 Å². The second-order valence-corrected chi connectivity index (χ2v) is 19.1. The minimum atomic E-state index is -3.04. The van der Waals surface area contributed by atoms with E-state index in [0.29, 0.717) is 97.4 Å². The minimum absolute atomic E-state index is 0.197. The van der Waals surface area contributed by atoms with Crippen LogP contribution in [0.5, 0.6) is 0 Å². The number of hydrogen-bond donors (Lipinski definition) is 3. The minimum Gasteiger partial charge on any atom is -0.382 e. The molecule has 3 saturated heterocycles. The van der Waals surface area contributed by atoms with E-state index in [0.717, 1.165) is 44.6 Å². The van der Waals surface area contributed by atoms with Crippen molar-refractivity contribution < 1.29 is 8.42 Å². The first-order valence-corrected chi connectivity index (χ1v) is 21.5. The Morgan fingerprint density at radius 1 is 0.722 bits per heavy atom. The van der Waals surface area contributed by atoms with Crippen molar-refractivity contribution in [3.8, 4) is 22.5 Å². The quantitative estimate of drug-likeness (QED) is 0.182. The number of nitrogens with two attached hydrogens (primary N) is 3. The third kappa shape index (κ3) is 7.18. The summed E-state index contributed by atoms with van der Waals surface area (Å²) in [7, 11) is -3.04. The van der Waals surface area contributed by atoms with Crippen molar-refractivity contribution in [1.82, 2.24) is 19.9 Å². The fourth-order valence-corrected chi connectivity index (χ4v) is 12.3. The second-order valence-electron chi connectivity index (χ2n) is 15.0. The van der Waals surface area contributed by atoms with Crippen LogP contribution in [0.25, 0.3) is 22.5 Å². The number of piperidine rings is 2. The SMILES string of the molecule is CC1CCS(=O)(=O)C12CCN(c1cnc(-c3cccc(Cl)c3Cl)c(N)n1)CC2.Nc1nc(N2CCC3(CCCC3N)CC2)cnc1-c1cccc(Cl)c1Cl. The van der Waals surface area contributed by atoms with Crippen molar-refractivity contribution in [3.05, 3.63) is 68.9 Å². The molecule has 6 N–H and O–H groups in total. The molecule has 3 aliphatic heterocycles. The molecule has 8 rings (SSSR count). The molecule has 288 valence electrons. The van der Waals surface area contributed by atoms with Gasteiger partial charge in [0.15, 0.2) is 21.5 Å². The molecule has 4 fully saturated rings. The molecule has 2 atom stereocenters. The Morgan fingerprint density at radius 2 is 1.20 bits per heavy atom. The van der Waals surface area contributed by atoms with Gasteiger partial charge in [-0.25, -0.2) is 28.4 Å². The standard InChI is InChI=1S/C19H23Cl2N5.C19H22Cl2N4O2S/c20-13-4-1-3-12(16(13)21)17-18(23)25-15(11-24-17)26-9-7-19(8-10-26)6-2-5-14(19)22;1-12-5-10-28(26,27)19(12)6-8-25(9-7-19)15-11-23-17(18(22)24-15)13-3-2-4-14(20)16(13)21/h1,3-4,11,14H,2,5-10,22H2,(H2,23,25);2-4,11-12H,5-10H2,1H3,(H2,22,24). The topological polar surface area (TPSA) is 170 Å². The van der Waals surface area contributed by atoms with Gasteiger partial charge in [0.25, 0.3) is 0 Å². The summed E-state index contributed by atoms with van der Waals surface area (Å²) in [5.41, 5.74) is 21.4. The van der Waals surface area contributed by atoms with E-state index in [1.807, 2.05) is 12.1 Å². The third-order valence-corrected chi connectivity index (χ3v) is 16.8. The zero-order chi connectivity index (χ0) is 38.4. The van der Waals surface area contributed by atoms with Crippen LogP contribution in [-0.2, 0) is 9.84 Å². The summed E-state index contributed by atoms with van der Waals surface area (Å²) < 4.78 is 24.6. The van der Waals surface area contributed by atoms with Gasteiger partial charge in [-0.05, 0) is 68.4 Å². The van der Waals surface area contributed by atoms with Gasteiger partial charge in [-0.1, -0.05) is 84.0 Å². The van der Waals surface area contributed by atoms with Gasteiger partial charge in [0.05, 0.1) is 43.0 Å². The molecule has 2 unspecified atom stereocenters. The number of rotatable bonds is 4. The average molecular weight is 834 g/mol. The second kappa shape index (κ2) is 15.4. The molecular formula is C38H45Cl4N9O2S. The Hall–Kier alpha value is -3.13. The number of hydrogen-bond acceptors (Lipinski definition) is 11. The predicted molar refractivity (Wildman–Crippen MR) is 221 cm³/mol. The molecule has 1 saturated carbocycles. The third-order valence-electron chi connectivity index (χ3n) is 12.3. The number of nitrogens with zero attached hydrogens (tertiary/aromatic N) is 6. The number of aromatic nitrogens is 4. The van der Waals surface area contributed by atoms with Gasteiger partial charge in [-0.3, -0.25) is 0 Å². The molecule has 0 bridgehead atoms. The summed E-state index contributed by atoms with van der Waals surface area (Å²) in [5, 5.41) is 1.73. The molecule has 11 nitrogen and oxygen atoms in total. The average Bonchev–Trinajstić information content (AvgIpc) is 3.62. The number of halogens is 4. The van der Waals surface area contributed by atoms with E-state index in [2.05, 4.69) is 36.7 Å². The van der Waals surface area contributed by atoms with Crippen molar-refractivity contribution >= 4 is 79.5 Å². The van der Waals surface area contributed by atoms with Crippen molar-refractivity contribution in [1.29, 1.82) is 0 Å². The van der Waals surface area contributed by atoms with Crippen LogP contribution in [0.1, 0.15) is 58.3 Å². The first-order valence-electron chi connectivity index (χ1n) is 18.4. The fraction of sp³-hybridized carbons (Fsp3) is 0.474. The first kappa shape index (κ1) is 39.1. The summed E-state index contributed by atoms with van der Waals surface area (Å²) in [6.07, 6.45) is 11.3. The lowest BCUT2D eigenvalue weighted by Crippen LogP contribution is -2.50.